The van der Waals surface area contributed by atoms with E-state index in [0.717, 1.165) is 17.4 Å². The highest BCUT2D eigenvalue weighted by Gasteiger charge is 2.36. The highest BCUT2D eigenvalue weighted by atomic mass is 32.2. The van der Waals surface area contributed by atoms with Crippen LogP contribution in [0.3, 0.4) is 0 Å². The van der Waals surface area contributed by atoms with Gasteiger partial charge in [-0.2, -0.15) is 21.6 Å². The van der Waals surface area contributed by atoms with Crippen molar-refractivity contribution >= 4 is 20.2 Å². The van der Waals surface area contributed by atoms with Gasteiger partial charge in [0.25, 0.3) is 10.1 Å². The Morgan fingerprint density at radius 3 is 1.82 bits per heavy atom. The van der Waals surface area contributed by atoms with Gasteiger partial charge >= 0.3 is 5.51 Å². The Labute approximate surface area is 128 Å². The fourth-order valence-corrected chi connectivity index (χ4v) is 2.67. The van der Waals surface area contributed by atoms with E-state index >= 15 is 0 Å². The maximum absolute atomic E-state index is 10.7. The van der Waals surface area contributed by atoms with Crippen LogP contribution < -0.4 is 0 Å². The molecule has 1 N–H and O–H groups in total. The van der Waals surface area contributed by atoms with Crippen molar-refractivity contribution < 1.29 is 43.6 Å². The summed E-state index contributed by atoms with van der Waals surface area (Å²) in [5, 5.41) is 0. The summed E-state index contributed by atoms with van der Waals surface area (Å²) >= 11 is 0. The normalized spacial score (nSPS) is 18.6. The first-order chi connectivity index (χ1) is 9.66. The van der Waals surface area contributed by atoms with Crippen molar-refractivity contribution in [3.05, 3.63) is 0 Å². The fourth-order valence-electron chi connectivity index (χ4n) is 2.10. The van der Waals surface area contributed by atoms with Crippen molar-refractivity contribution in [1.82, 2.24) is 0 Å². The monoisotopic (exact) mass is 371 g/mol. The molecule has 0 aromatic carbocycles. The van der Waals surface area contributed by atoms with Crippen LogP contribution in [0.5, 0.6) is 0 Å². The standard InChI is InChI=1S/C9H19NO3S.CHF3O3S/c1-10(6-2-3-7-10)8-4-5-9-14(11,12)13;2-1(3,4)8(5,6)7/h2-9H2,1H3;(H,5,6,7). The van der Waals surface area contributed by atoms with Crippen LogP contribution >= 0.6 is 0 Å². The summed E-state index contributed by atoms with van der Waals surface area (Å²) in [7, 11) is -7.61. The molecule has 0 spiro atoms. The van der Waals surface area contributed by atoms with Gasteiger partial charge in [-0.3, -0.25) is 4.55 Å². The Morgan fingerprint density at radius 1 is 1.09 bits per heavy atom. The van der Waals surface area contributed by atoms with E-state index in [2.05, 4.69) is 7.05 Å². The second kappa shape index (κ2) is 7.90. The minimum Gasteiger partial charge on any atom is -0.741 e. The number of nitrogens with zero attached hydrogens (tertiary/aromatic N) is 1. The molecule has 22 heavy (non-hydrogen) atoms. The second-order valence-electron chi connectivity index (χ2n) is 5.39. The van der Waals surface area contributed by atoms with Crippen molar-refractivity contribution in [3.63, 3.8) is 0 Å². The zero-order valence-electron chi connectivity index (χ0n) is 12.0. The lowest BCUT2D eigenvalue weighted by atomic mass is 10.3. The topological polar surface area (TPSA) is 112 Å². The van der Waals surface area contributed by atoms with Gasteiger partial charge < -0.3 is 9.04 Å². The van der Waals surface area contributed by atoms with Crippen molar-refractivity contribution in [2.45, 2.75) is 31.2 Å². The Bertz CT molecular complexity index is 537. The zero-order valence-corrected chi connectivity index (χ0v) is 13.7. The van der Waals surface area contributed by atoms with Crippen LogP contribution in [-0.2, 0) is 20.2 Å². The third-order valence-corrected chi connectivity index (χ3v) is 4.65. The van der Waals surface area contributed by atoms with Gasteiger partial charge in [-0.1, -0.05) is 0 Å². The van der Waals surface area contributed by atoms with Crippen molar-refractivity contribution in [2.75, 3.05) is 32.4 Å². The van der Waals surface area contributed by atoms with Gasteiger partial charge in [-0.05, 0) is 12.8 Å². The number of quaternary nitrogens is 1. The molecule has 1 fully saturated rings. The molecular weight excluding hydrogens is 351 g/mol. The molecule has 1 aliphatic rings. The third-order valence-electron chi connectivity index (χ3n) is 3.28. The lowest BCUT2D eigenvalue weighted by Crippen LogP contribution is -2.41. The first kappa shape index (κ1) is 21.6. The summed E-state index contributed by atoms with van der Waals surface area (Å²) in [4.78, 5) is 0. The third kappa shape index (κ3) is 9.56. The SMILES string of the molecule is C[N+]1(CCCCS(=O)(=O)O)CCCC1.O=S(=O)([O-])C(F)(F)F. The van der Waals surface area contributed by atoms with E-state index in [9.17, 15) is 21.6 Å². The first-order valence-corrected chi connectivity index (χ1v) is 9.49. The molecular formula is C10H20F3NO6S2. The molecule has 1 heterocycles. The predicted molar refractivity (Wildman–Crippen MR) is 71.4 cm³/mol. The van der Waals surface area contributed by atoms with Gasteiger partial charge in [-0.15, -0.1) is 0 Å². The molecule has 0 aliphatic carbocycles. The summed E-state index contributed by atoms with van der Waals surface area (Å²) in [5.74, 6) is -0.0903. The first-order valence-electron chi connectivity index (χ1n) is 6.47. The van der Waals surface area contributed by atoms with Gasteiger partial charge in [-0.25, -0.2) is 8.42 Å². The lowest BCUT2D eigenvalue weighted by Gasteiger charge is -2.28. The second-order valence-corrected chi connectivity index (χ2v) is 8.33. The van der Waals surface area contributed by atoms with Crippen LogP contribution in [0, 0.1) is 0 Å². The Kier molecular flexibility index (Phi) is 7.75. The zero-order chi connectivity index (χ0) is 17.7. The molecule has 0 atom stereocenters. The summed E-state index contributed by atoms with van der Waals surface area (Å²) in [5.41, 5.74) is -5.65. The molecule has 134 valence electrons. The average Bonchev–Trinajstić information content (AvgIpc) is 2.69. The maximum Gasteiger partial charge on any atom is 0.485 e. The van der Waals surface area contributed by atoms with Crippen LogP contribution in [0.15, 0.2) is 0 Å². The smallest absolute Gasteiger partial charge is 0.485 e. The van der Waals surface area contributed by atoms with Crippen LogP contribution in [0.2, 0.25) is 0 Å². The largest absolute Gasteiger partial charge is 0.741 e. The minimum absolute atomic E-state index is 0.0903. The summed E-state index contributed by atoms with van der Waals surface area (Å²) in [6.07, 6.45) is 4.03. The molecule has 0 saturated carbocycles. The van der Waals surface area contributed by atoms with E-state index in [0.29, 0.717) is 6.42 Å². The van der Waals surface area contributed by atoms with Gasteiger partial charge in [0.05, 0.1) is 32.4 Å². The van der Waals surface area contributed by atoms with Gasteiger partial charge in [0.2, 0.25) is 0 Å². The van der Waals surface area contributed by atoms with Crippen LogP contribution in [0.1, 0.15) is 25.7 Å². The van der Waals surface area contributed by atoms with Crippen molar-refractivity contribution in [3.8, 4) is 0 Å². The molecule has 0 aromatic heterocycles. The molecule has 0 amide bonds. The lowest BCUT2D eigenvalue weighted by molar-refractivity contribution is -0.897. The minimum atomic E-state index is -6.09. The van der Waals surface area contributed by atoms with Gasteiger partial charge in [0.1, 0.15) is 0 Å². The maximum atomic E-state index is 10.7. The van der Waals surface area contributed by atoms with Crippen LogP contribution in [0.4, 0.5) is 13.2 Å². The Balaban J connectivity index is 0.000000472. The van der Waals surface area contributed by atoms with E-state index in [1.165, 1.54) is 25.9 Å². The molecule has 1 aliphatic heterocycles. The quantitative estimate of drug-likeness (QED) is 0.333. The molecule has 0 aromatic rings. The highest BCUT2D eigenvalue weighted by Crippen LogP contribution is 2.20. The molecule has 0 unspecified atom stereocenters. The van der Waals surface area contributed by atoms with Crippen LogP contribution in [-0.4, -0.2) is 68.4 Å². The number of alkyl halides is 3. The molecule has 0 radical (unpaired) electrons. The molecule has 1 saturated heterocycles. The average molecular weight is 371 g/mol. The number of hydrogen-bond acceptors (Lipinski definition) is 5. The van der Waals surface area contributed by atoms with Crippen molar-refractivity contribution in [1.29, 1.82) is 0 Å². The van der Waals surface area contributed by atoms with E-state index in [1.807, 2.05) is 0 Å². The molecule has 1 rings (SSSR count). The van der Waals surface area contributed by atoms with Gasteiger partial charge in [0.15, 0.2) is 10.1 Å². The summed E-state index contributed by atoms with van der Waals surface area (Å²) in [6, 6.07) is 0. The van der Waals surface area contributed by atoms with E-state index in [1.54, 1.807) is 0 Å². The Morgan fingerprint density at radius 2 is 1.50 bits per heavy atom. The number of likely N-dealkylation sites (tertiary alicyclic amines) is 1. The molecule has 12 heteroatoms. The number of hydrogen-bond donors (Lipinski definition) is 1. The number of halogens is 3. The summed E-state index contributed by atoms with van der Waals surface area (Å²) < 4.78 is 89.4. The molecule has 0 bridgehead atoms. The predicted octanol–water partition coefficient (Wildman–Crippen LogP) is 0.946. The van der Waals surface area contributed by atoms with E-state index in [4.69, 9.17) is 17.5 Å². The number of unbranched alkanes of at least 4 members (excludes halogenated alkanes) is 1. The highest BCUT2D eigenvalue weighted by molar-refractivity contribution is 7.86. The van der Waals surface area contributed by atoms with E-state index < -0.39 is 25.7 Å². The number of rotatable bonds is 5. The Hall–Kier alpha value is -0.430. The van der Waals surface area contributed by atoms with E-state index in [-0.39, 0.29) is 5.75 Å². The van der Waals surface area contributed by atoms with Crippen LogP contribution in [0.25, 0.3) is 0 Å². The van der Waals surface area contributed by atoms with Crippen molar-refractivity contribution in [2.24, 2.45) is 0 Å². The fraction of sp³-hybridized carbons (Fsp3) is 1.00. The molecule has 7 nitrogen and oxygen atoms in total. The van der Waals surface area contributed by atoms with Gasteiger partial charge in [0, 0.05) is 12.8 Å². The summed E-state index contributed by atoms with van der Waals surface area (Å²) in [6.45, 7) is 3.47.